The number of fused-ring (bicyclic) bond motifs is 1. The van der Waals surface area contributed by atoms with Gasteiger partial charge >= 0.3 is 0 Å². The third-order valence-electron chi connectivity index (χ3n) is 3.53. The number of ether oxygens (including phenoxy) is 2. The molecule has 0 amide bonds. The first-order valence-corrected chi connectivity index (χ1v) is 8.42. The van der Waals surface area contributed by atoms with Crippen molar-refractivity contribution >= 4 is 27.8 Å². The number of Topliss-reactive ketones (excluding diaryl/α,β-unsaturated/α-hetero) is 1. The average Bonchev–Trinajstić information content (AvgIpc) is 2.83. The van der Waals surface area contributed by atoms with Crippen molar-refractivity contribution in [3.63, 3.8) is 0 Å². The van der Waals surface area contributed by atoms with E-state index in [0.29, 0.717) is 29.4 Å². The molecule has 3 rings (SSSR count). The van der Waals surface area contributed by atoms with Crippen molar-refractivity contribution in [1.82, 2.24) is 0 Å². The Bertz CT molecular complexity index is 846. The van der Waals surface area contributed by atoms with Gasteiger partial charge in [0.15, 0.2) is 5.76 Å². The van der Waals surface area contributed by atoms with Crippen molar-refractivity contribution in [2.24, 2.45) is 0 Å². The standard InChI is InChI=1S/C20H17BrO3/c1-13(2)8-9-23-16-6-7-17-18(12-16)24-19(20(17)22)11-14-4-3-5-15(21)10-14/h3-8,10-12H,9H2,1-2H3. The van der Waals surface area contributed by atoms with Crippen molar-refractivity contribution in [3.05, 3.63) is 75.5 Å². The number of rotatable bonds is 4. The predicted molar refractivity (Wildman–Crippen MR) is 98.4 cm³/mol. The fourth-order valence-corrected chi connectivity index (χ4v) is 2.73. The normalized spacial score (nSPS) is 14.3. The van der Waals surface area contributed by atoms with Gasteiger partial charge in [-0.2, -0.15) is 0 Å². The Kier molecular flexibility index (Phi) is 4.86. The third-order valence-corrected chi connectivity index (χ3v) is 4.02. The van der Waals surface area contributed by atoms with E-state index < -0.39 is 0 Å². The lowest BCUT2D eigenvalue weighted by molar-refractivity contribution is 0.101. The second-order valence-corrected chi connectivity index (χ2v) is 6.66. The molecule has 0 N–H and O–H groups in total. The average molecular weight is 385 g/mol. The summed E-state index contributed by atoms with van der Waals surface area (Å²) < 4.78 is 12.3. The van der Waals surface area contributed by atoms with Gasteiger partial charge in [0, 0.05) is 10.5 Å². The summed E-state index contributed by atoms with van der Waals surface area (Å²) in [6.07, 6.45) is 3.74. The highest BCUT2D eigenvalue weighted by Gasteiger charge is 2.27. The number of carbonyl (C=O) groups excluding carboxylic acids is 1. The fourth-order valence-electron chi connectivity index (χ4n) is 2.31. The van der Waals surface area contributed by atoms with E-state index in [1.165, 1.54) is 5.57 Å². The van der Waals surface area contributed by atoms with E-state index in [0.717, 1.165) is 10.0 Å². The minimum atomic E-state index is -0.110. The second-order valence-electron chi connectivity index (χ2n) is 5.75. The van der Waals surface area contributed by atoms with Crippen molar-refractivity contribution in [2.75, 3.05) is 6.61 Å². The van der Waals surface area contributed by atoms with Crippen molar-refractivity contribution < 1.29 is 14.3 Å². The van der Waals surface area contributed by atoms with Gasteiger partial charge in [0.1, 0.15) is 18.1 Å². The molecule has 0 radical (unpaired) electrons. The molecule has 0 aliphatic carbocycles. The molecule has 2 aromatic rings. The lowest BCUT2D eigenvalue weighted by atomic mass is 10.1. The number of ketones is 1. The highest BCUT2D eigenvalue weighted by Crippen LogP contribution is 2.35. The fraction of sp³-hybridized carbons (Fsp3) is 0.150. The Morgan fingerprint density at radius 3 is 2.79 bits per heavy atom. The van der Waals surface area contributed by atoms with Crippen LogP contribution < -0.4 is 9.47 Å². The van der Waals surface area contributed by atoms with Crippen LogP contribution in [0.2, 0.25) is 0 Å². The Balaban J connectivity index is 1.81. The quantitative estimate of drug-likeness (QED) is 0.522. The topological polar surface area (TPSA) is 35.5 Å². The second kappa shape index (κ2) is 7.05. The Labute approximate surface area is 149 Å². The summed E-state index contributed by atoms with van der Waals surface area (Å²) in [4.78, 5) is 12.4. The summed E-state index contributed by atoms with van der Waals surface area (Å²) in [5.74, 6) is 1.43. The molecule has 24 heavy (non-hydrogen) atoms. The lowest BCUT2D eigenvalue weighted by Gasteiger charge is -2.05. The van der Waals surface area contributed by atoms with Gasteiger partial charge in [-0.1, -0.05) is 33.6 Å². The maximum absolute atomic E-state index is 12.4. The first kappa shape index (κ1) is 16.5. The number of hydrogen-bond donors (Lipinski definition) is 0. The molecule has 4 heteroatoms. The summed E-state index contributed by atoms with van der Waals surface area (Å²) in [6, 6.07) is 13.0. The SMILES string of the molecule is CC(C)=CCOc1ccc2c(c1)OC(=Cc1cccc(Br)c1)C2=O. The minimum Gasteiger partial charge on any atom is -0.489 e. The first-order valence-electron chi connectivity index (χ1n) is 7.63. The molecular weight excluding hydrogens is 368 g/mol. The van der Waals surface area contributed by atoms with Crippen LogP contribution in [0.5, 0.6) is 11.5 Å². The smallest absolute Gasteiger partial charge is 0.231 e. The number of halogens is 1. The summed E-state index contributed by atoms with van der Waals surface area (Å²) in [7, 11) is 0. The first-order chi connectivity index (χ1) is 11.5. The monoisotopic (exact) mass is 384 g/mol. The van der Waals surface area contributed by atoms with Crippen LogP contribution in [0.3, 0.4) is 0 Å². The van der Waals surface area contributed by atoms with Crippen LogP contribution in [0, 0.1) is 0 Å². The van der Waals surface area contributed by atoms with E-state index in [1.807, 2.05) is 44.2 Å². The highest BCUT2D eigenvalue weighted by molar-refractivity contribution is 9.10. The van der Waals surface area contributed by atoms with Gasteiger partial charge in [0.25, 0.3) is 0 Å². The zero-order chi connectivity index (χ0) is 17.1. The van der Waals surface area contributed by atoms with Gasteiger partial charge in [-0.05, 0) is 55.8 Å². The van der Waals surface area contributed by atoms with Crippen molar-refractivity contribution in [2.45, 2.75) is 13.8 Å². The summed E-state index contributed by atoms with van der Waals surface area (Å²) >= 11 is 3.42. The van der Waals surface area contributed by atoms with Crippen molar-refractivity contribution in [3.8, 4) is 11.5 Å². The molecule has 0 saturated carbocycles. The van der Waals surface area contributed by atoms with Gasteiger partial charge in [-0.15, -0.1) is 0 Å². The Morgan fingerprint density at radius 2 is 2.04 bits per heavy atom. The molecule has 1 heterocycles. The van der Waals surface area contributed by atoms with Gasteiger partial charge in [-0.3, -0.25) is 4.79 Å². The van der Waals surface area contributed by atoms with Gasteiger partial charge in [-0.25, -0.2) is 0 Å². The lowest BCUT2D eigenvalue weighted by Crippen LogP contribution is -1.98. The third kappa shape index (κ3) is 3.77. The van der Waals surface area contributed by atoms with Crippen LogP contribution in [-0.4, -0.2) is 12.4 Å². The van der Waals surface area contributed by atoms with E-state index >= 15 is 0 Å². The molecule has 0 bridgehead atoms. The predicted octanol–water partition coefficient (Wildman–Crippen LogP) is 5.41. The van der Waals surface area contributed by atoms with Crippen LogP contribution in [0.25, 0.3) is 6.08 Å². The van der Waals surface area contributed by atoms with Gasteiger partial charge < -0.3 is 9.47 Å². The number of carbonyl (C=O) groups is 1. The zero-order valence-electron chi connectivity index (χ0n) is 13.5. The summed E-state index contributed by atoms with van der Waals surface area (Å²) in [6.45, 7) is 4.54. The molecule has 2 aromatic carbocycles. The summed E-state index contributed by atoms with van der Waals surface area (Å²) in [5.41, 5.74) is 2.66. The molecule has 0 fully saturated rings. The van der Waals surface area contributed by atoms with E-state index in [9.17, 15) is 4.79 Å². The van der Waals surface area contributed by atoms with Crippen LogP contribution in [0.4, 0.5) is 0 Å². The van der Waals surface area contributed by atoms with Crippen LogP contribution in [0.1, 0.15) is 29.8 Å². The largest absolute Gasteiger partial charge is 0.489 e. The minimum absolute atomic E-state index is 0.110. The Hall–Kier alpha value is -2.33. The van der Waals surface area contributed by atoms with Crippen LogP contribution in [0.15, 0.2) is 64.3 Å². The molecule has 122 valence electrons. The molecule has 0 aromatic heterocycles. The molecule has 0 spiro atoms. The molecular formula is C20H17BrO3. The summed E-state index contributed by atoms with van der Waals surface area (Å²) in [5, 5.41) is 0. The van der Waals surface area contributed by atoms with Gasteiger partial charge in [0.2, 0.25) is 5.78 Å². The van der Waals surface area contributed by atoms with Crippen LogP contribution in [-0.2, 0) is 0 Å². The number of hydrogen-bond acceptors (Lipinski definition) is 3. The van der Waals surface area contributed by atoms with E-state index in [4.69, 9.17) is 9.47 Å². The molecule has 0 saturated heterocycles. The van der Waals surface area contributed by atoms with Gasteiger partial charge in [0.05, 0.1) is 5.56 Å². The van der Waals surface area contributed by atoms with Crippen molar-refractivity contribution in [1.29, 1.82) is 0 Å². The Morgan fingerprint density at radius 1 is 1.21 bits per heavy atom. The highest BCUT2D eigenvalue weighted by atomic mass is 79.9. The molecule has 3 nitrogen and oxygen atoms in total. The van der Waals surface area contributed by atoms with E-state index in [1.54, 1.807) is 24.3 Å². The number of allylic oxidation sites excluding steroid dienone is 2. The molecule has 1 aliphatic rings. The van der Waals surface area contributed by atoms with Crippen LogP contribution >= 0.6 is 15.9 Å². The molecule has 1 aliphatic heterocycles. The molecule has 0 atom stereocenters. The zero-order valence-corrected chi connectivity index (χ0v) is 15.1. The van der Waals surface area contributed by atoms with E-state index in [2.05, 4.69) is 15.9 Å². The molecule has 0 unspecified atom stereocenters. The maximum atomic E-state index is 12.4. The number of benzene rings is 2. The van der Waals surface area contributed by atoms with E-state index in [-0.39, 0.29) is 5.78 Å². The maximum Gasteiger partial charge on any atom is 0.231 e.